The summed E-state index contributed by atoms with van der Waals surface area (Å²) in [5.74, 6) is 0.0913. The Bertz CT molecular complexity index is 2870. The Morgan fingerprint density at radius 3 is 0.896 bits per heavy atom. The minimum absolute atomic E-state index is 0.0267. The van der Waals surface area contributed by atoms with Gasteiger partial charge in [-0.05, 0) is 35.7 Å². The Kier molecular flexibility index (Phi) is 15.4. The summed E-state index contributed by atoms with van der Waals surface area (Å²) in [6, 6.07) is 9.73. The summed E-state index contributed by atoms with van der Waals surface area (Å²) in [5, 5.41) is 12.0. The molecule has 7 aromatic rings. The van der Waals surface area contributed by atoms with Crippen molar-refractivity contribution in [2.24, 2.45) is 0 Å². The van der Waals surface area contributed by atoms with Gasteiger partial charge in [0.2, 0.25) is 12.3 Å². The summed E-state index contributed by atoms with van der Waals surface area (Å²) in [4.78, 5) is 12.2. The molecule has 3 nitrogen and oxygen atoms in total. The van der Waals surface area contributed by atoms with Crippen molar-refractivity contribution in [3.63, 3.8) is 0 Å². The van der Waals surface area contributed by atoms with Gasteiger partial charge in [-0.3, -0.25) is 4.79 Å². The quantitative estimate of drug-likeness (QED) is 0.0748. The van der Waals surface area contributed by atoms with Gasteiger partial charge >= 0.3 is 55.3 Å². The van der Waals surface area contributed by atoms with E-state index in [-0.39, 0.29) is 18.2 Å². The number of halogens is 24. The zero-order valence-electron chi connectivity index (χ0n) is 37.4. The number of alkyl halides is 24. The van der Waals surface area contributed by atoms with Crippen LogP contribution in [0.5, 0.6) is 5.88 Å². The molecule has 6 aromatic carbocycles. The van der Waals surface area contributed by atoms with Gasteiger partial charge in [0.25, 0.3) is 0 Å². The summed E-state index contributed by atoms with van der Waals surface area (Å²) in [6.07, 6.45) is -53.1. The molecule has 28 heteroatoms. The van der Waals surface area contributed by atoms with Crippen molar-refractivity contribution in [2.75, 3.05) is 0 Å². The lowest BCUT2D eigenvalue weighted by Crippen LogP contribution is -2.75. The number of Topliss-reactive ketones (excluding diaryl/α,β-unsaturated/α-hetero) is 1. The number of pyridine rings is 1. The van der Waals surface area contributed by atoms with E-state index in [0.717, 1.165) is 10.8 Å². The molecule has 1 N–H and O–H groups in total. The van der Waals surface area contributed by atoms with Crippen molar-refractivity contribution in [1.82, 2.24) is 0 Å². The molecule has 0 fully saturated rings. The van der Waals surface area contributed by atoms with Crippen molar-refractivity contribution >= 4 is 44.6 Å². The largest absolute Gasteiger partial charge is 0.459 e. The number of fused-ring (bicyclic) bond motifs is 1. The van der Waals surface area contributed by atoms with Crippen LogP contribution in [0.15, 0.2) is 140 Å². The molecule has 0 radical (unpaired) electrons. The smallest absolute Gasteiger partial charge is 0.416 e. The summed E-state index contributed by atoms with van der Waals surface area (Å²) in [5.41, 5.74) is -29.6. The number of rotatable bonds is 7. The van der Waals surface area contributed by atoms with Gasteiger partial charge in [-0.2, -0.15) is 132 Å². The fraction of sp³-hybridized carbons (Fsp3) is 0.184. The number of benzene rings is 6. The summed E-state index contributed by atoms with van der Waals surface area (Å²) in [7, 11) is 0. The summed E-state index contributed by atoms with van der Waals surface area (Å²) < 4.78 is 342. The second-order valence-electron chi connectivity index (χ2n) is 16.9. The molecule has 7 rings (SSSR count). The molecule has 0 aliphatic carbocycles. The first kappa shape index (κ1) is 58.8. The average molecular weight is 1130 g/mol. The first-order chi connectivity index (χ1) is 35.0. The highest BCUT2D eigenvalue weighted by Gasteiger charge is 2.47. The lowest BCUT2D eigenvalue weighted by atomic mass is 9.12. The molecule has 0 aliphatic heterocycles. The molecule has 410 valence electrons. The molecule has 1 aromatic heterocycles. The fourth-order valence-corrected chi connectivity index (χ4v) is 8.31. The van der Waals surface area contributed by atoms with E-state index in [0.29, 0.717) is 5.56 Å². The van der Waals surface area contributed by atoms with E-state index in [1.165, 1.54) is 0 Å². The Morgan fingerprint density at radius 2 is 0.623 bits per heavy atom. The van der Waals surface area contributed by atoms with E-state index in [1.54, 1.807) is 22.9 Å². The molecule has 77 heavy (non-hydrogen) atoms. The Hall–Kier alpha value is -7.42. The number of carbonyl (C=O) groups excluding carboxylic acids is 1. The molecule has 0 atom stereocenters. The van der Waals surface area contributed by atoms with E-state index in [1.807, 2.05) is 48.5 Å². The minimum Gasteiger partial charge on any atom is -0.459 e. The molecule has 1 heterocycles. The van der Waals surface area contributed by atoms with Crippen molar-refractivity contribution in [3.05, 3.63) is 190 Å². The summed E-state index contributed by atoms with van der Waals surface area (Å²) >= 11 is 0. The van der Waals surface area contributed by atoms with Crippen LogP contribution >= 0.6 is 0 Å². The highest BCUT2D eigenvalue weighted by Crippen LogP contribution is 2.41. The van der Waals surface area contributed by atoms with Crippen LogP contribution in [0, 0.1) is 0 Å². The van der Waals surface area contributed by atoms with E-state index in [4.69, 9.17) is 0 Å². The van der Waals surface area contributed by atoms with Crippen LogP contribution < -0.4 is 26.4 Å². The van der Waals surface area contributed by atoms with Crippen LogP contribution in [0.1, 0.15) is 54.9 Å². The third kappa shape index (κ3) is 13.1. The number of carbonyl (C=O) groups is 1. The predicted molar refractivity (Wildman–Crippen MR) is 227 cm³/mol. The second kappa shape index (κ2) is 20.2. The van der Waals surface area contributed by atoms with Crippen molar-refractivity contribution in [2.45, 2.75) is 56.0 Å². The zero-order chi connectivity index (χ0) is 57.9. The van der Waals surface area contributed by atoms with Crippen LogP contribution in [0.3, 0.4) is 0 Å². The van der Waals surface area contributed by atoms with Crippen molar-refractivity contribution in [1.29, 1.82) is 0 Å². The van der Waals surface area contributed by atoms with E-state index in [2.05, 4.69) is 0 Å². The van der Waals surface area contributed by atoms with Gasteiger partial charge in [-0.15, -0.1) is 0 Å². The first-order valence-corrected chi connectivity index (χ1v) is 21.1. The van der Waals surface area contributed by atoms with Gasteiger partial charge in [0, 0.05) is 11.6 Å². The minimum atomic E-state index is -6.13. The Morgan fingerprint density at radius 1 is 0.364 bits per heavy atom. The highest BCUT2D eigenvalue weighted by atomic mass is 19.4. The number of hydrogen-bond acceptors (Lipinski definition) is 2. The van der Waals surface area contributed by atoms with Gasteiger partial charge in [-0.25, -0.2) is 0 Å². The van der Waals surface area contributed by atoms with Gasteiger partial charge < -0.3 is 5.11 Å². The molecule has 0 aliphatic rings. The van der Waals surface area contributed by atoms with Gasteiger partial charge in [0.1, 0.15) is 6.15 Å². The number of nitrogens with zero attached hydrogens (tertiary/aromatic N) is 1. The maximum Gasteiger partial charge on any atom is 0.416 e. The third-order valence-corrected chi connectivity index (χ3v) is 11.8. The summed E-state index contributed by atoms with van der Waals surface area (Å²) in [6.45, 7) is 0.126. The lowest BCUT2D eigenvalue weighted by molar-refractivity contribution is -0.687. The third-order valence-electron chi connectivity index (χ3n) is 11.8. The SMILES string of the molecule is FC(F)(F)c1cc([B-](c2cc(C(F)(F)F)cc(C(F)(F)F)c2)(c2cc(C(F)(F)F)cc(C(F)(F)F)c2)c2cc(C(F)(F)F)cc(C(F)(F)F)c2)cc(C(F)(F)F)c1.O=C(C[n+]1ccc2ccccc2c1O)c1ccccc1. The number of ketones is 1. The van der Waals surface area contributed by atoms with Gasteiger partial charge in [0.05, 0.1) is 49.9 Å². The standard InChI is InChI=1S/C32H12BF24.C17H13NO2/c34-25(35,36)13-1-14(26(37,38)39)6-21(5-13)33(22-7-15(27(40,41)42)2-16(8-22)28(43,44)45,23-9-17(29(46,47)48)3-18(10-23)30(49,50)51)24-11-19(31(52,53)54)4-20(12-24)32(55,56)57;19-16(14-7-2-1-3-8-14)12-18-11-10-13-6-4-5-9-15(13)17(18)20/h1-12H;1-11H,12H2/q-1;/p+1. The average Bonchev–Trinajstić information content (AvgIpc) is 3.30. The van der Waals surface area contributed by atoms with Crippen LogP contribution in [-0.4, -0.2) is 17.0 Å². The van der Waals surface area contributed by atoms with E-state index < -0.39 is 195 Å². The molecular weight excluding hydrogens is 1100 g/mol. The predicted octanol–water partition coefficient (Wildman–Crippen LogP) is 13.9. The zero-order valence-corrected chi connectivity index (χ0v) is 37.4. The van der Waals surface area contributed by atoms with Crippen LogP contribution in [0.2, 0.25) is 0 Å². The topological polar surface area (TPSA) is 41.2 Å². The van der Waals surface area contributed by atoms with Crippen molar-refractivity contribution < 1.29 is 120 Å². The lowest BCUT2D eigenvalue weighted by Gasteiger charge is -2.46. The normalized spacial score (nSPS) is 13.4. The molecule has 0 saturated heterocycles. The van der Waals surface area contributed by atoms with Crippen LogP contribution in [0.4, 0.5) is 105 Å². The van der Waals surface area contributed by atoms with Gasteiger partial charge in [-0.1, -0.05) is 97.1 Å². The molecule has 0 unspecified atom stereocenters. The van der Waals surface area contributed by atoms with Crippen LogP contribution in [0.25, 0.3) is 10.8 Å². The first-order valence-electron chi connectivity index (χ1n) is 21.1. The van der Waals surface area contributed by atoms with Crippen molar-refractivity contribution in [3.8, 4) is 5.88 Å². The maximum absolute atomic E-state index is 14.2. The fourth-order valence-electron chi connectivity index (χ4n) is 8.31. The molecule has 0 spiro atoms. The van der Waals surface area contributed by atoms with Crippen LogP contribution in [-0.2, 0) is 56.0 Å². The molecule has 0 saturated carbocycles. The van der Waals surface area contributed by atoms with E-state index in [9.17, 15) is 115 Å². The van der Waals surface area contributed by atoms with Gasteiger partial charge in [0.15, 0.2) is 6.20 Å². The Balaban J connectivity index is 0.000000397. The molecule has 0 amide bonds. The van der Waals surface area contributed by atoms with E-state index >= 15 is 0 Å². The maximum atomic E-state index is 14.2. The highest BCUT2D eigenvalue weighted by molar-refractivity contribution is 7.20. The number of aromatic nitrogens is 1. The number of hydrogen-bond donors (Lipinski definition) is 1. The molecule has 0 bridgehead atoms. The molecular formula is C49H26BF24NO2. The second-order valence-corrected chi connectivity index (χ2v) is 16.9. The monoisotopic (exact) mass is 1130 g/mol. The Labute approximate surface area is 415 Å². The number of aromatic hydroxyl groups is 1.